The number of halogens is 1. The third kappa shape index (κ3) is 2.12. The second kappa shape index (κ2) is 4.02. The van der Waals surface area contributed by atoms with Crippen molar-refractivity contribution in [1.29, 1.82) is 0 Å². The van der Waals surface area contributed by atoms with E-state index >= 15 is 0 Å². The zero-order chi connectivity index (χ0) is 11.8. The molecule has 1 aliphatic rings. The highest BCUT2D eigenvalue weighted by molar-refractivity contribution is 5.77. The maximum atomic E-state index is 13.7. The number of aryl methyl sites for hydroxylation is 1. The van der Waals surface area contributed by atoms with Gasteiger partial charge in [-0.1, -0.05) is 6.92 Å². The van der Waals surface area contributed by atoms with E-state index < -0.39 is 0 Å². The molecule has 1 heterocycles. The Morgan fingerprint density at radius 2 is 2.29 bits per heavy atom. The molecule has 17 heavy (non-hydrogen) atoms. The maximum absolute atomic E-state index is 13.7. The van der Waals surface area contributed by atoms with Gasteiger partial charge in [0.1, 0.15) is 5.82 Å². The van der Waals surface area contributed by atoms with Crippen molar-refractivity contribution in [3.05, 3.63) is 23.8 Å². The van der Waals surface area contributed by atoms with Crippen LogP contribution in [0, 0.1) is 11.7 Å². The molecule has 4 heteroatoms. The zero-order valence-electron chi connectivity index (χ0n) is 9.79. The van der Waals surface area contributed by atoms with Crippen LogP contribution >= 0.6 is 0 Å². The molecule has 1 aliphatic carbocycles. The number of H-pyrrole nitrogens is 1. The fourth-order valence-electron chi connectivity index (χ4n) is 1.83. The Balaban J connectivity index is 1.90. The van der Waals surface area contributed by atoms with Crippen LogP contribution in [0.1, 0.15) is 25.6 Å². The zero-order valence-corrected chi connectivity index (χ0v) is 9.79. The van der Waals surface area contributed by atoms with Gasteiger partial charge < -0.3 is 9.72 Å². The van der Waals surface area contributed by atoms with E-state index in [0.717, 1.165) is 17.8 Å². The molecule has 1 saturated carbocycles. The number of imidazole rings is 1. The summed E-state index contributed by atoms with van der Waals surface area (Å²) < 4.78 is 19.2. The van der Waals surface area contributed by atoms with Crippen molar-refractivity contribution in [2.75, 3.05) is 6.61 Å². The topological polar surface area (TPSA) is 37.9 Å². The Morgan fingerprint density at radius 1 is 1.47 bits per heavy atom. The van der Waals surface area contributed by atoms with E-state index in [4.69, 9.17) is 4.74 Å². The van der Waals surface area contributed by atoms with Crippen LogP contribution < -0.4 is 4.74 Å². The third-order valence-corrected chi connectivity index (χ3v) is 3.09. The average Bonchev–Trinajstić information content (AvgIpc) is 3.06. The standard InChI is InChI=1S/C13H15FN2O/c1-2-13-15-10-5-9(14)12(6-11(10)16-13)17-7-8-3-4-8/h5-6,8H,2-4,7H2,1H3,(H,15,16). The minimum absolute atomic E-state index is 0.327. The summed E-state index contributed by atoms with van der Waals surface area (Å²) in [7, 11) is 0. The van der Waals surface area contributed by atoms with E-state index in [0.29, 0.717) is 23.8 Å². The van der Waals surface area contributed by atoms with Gasteiger partial charge in [0.15, 0.2) is 11.6 Å². The number of aromatic nitrogens is 2. The summed E-state index contributed by atoms with van der Waals surface area (Å²) in [5, 5.41) is 0. The minimum Gasteiger partial charge on any atom is -0.490 e. The molecule has 1 aromatic carbocycles. The minimum atomic E-state index is -0.327. The fourth-order valence-corrected chi connectivity index (χ4v) is 1.83. The number of aromatic amines is 1. The first kappa shape index (κ1) is 10.6. The van der Waals surface area contributed by atoms with Crippen molar-refractivity contribution in [3.63, 3.8) is 0 Å². The van der Waals surface area contributed by atoms with Gasteiger partial charge in [0.05, 0.1) is 17.6 Å². The van der Waals surface area contributed by atoms with Crippen LogP contribution in [-0.4, -0.2) is 16.6 Å². The van der Waals surface area contributed by atoms with Crippen LogP contribution in [0.25, 0.3) is 11.0 Å². The molecule has 0 saturated heterocycles. The number of hydrogen-bond acceptors (Lipinski definition) is 2. The van der Waals surface area contributed by atoms with E-state index in [1.807, 2.05) is 6.92 Å². The third-order valence-electron chi connectivity index (χ3n) is 3.09. The van der Waals surface area contributed by atoms with Gasteiger partial charge in [-0.3, -0.25) is 0 Å². The predicted octanol–water partition coefficient (Wildman–Crippen LogP) is 3.05. The Morgan fingerprint density at radius 3 is 3.00 bits per heavy atom. The molecule has 1 fully saturated rings. The van der Waals surface area contributed by atoms with Gasteiger partial charge in [-0.25, -0.2) is 9.37 Å². The predicted molar refractivity (Wildman–Crippen MR) is 63.6 cm³/mol. The number of nitrogens with zero attached hydrogens (tertiary/aromatic N) is 1. The Labute approximate surface area is 99.0 Å². The van der Waals surface area contributed by atoms with E-state index in [2.05, 4.69) is 9.97 Å². The van der Waals surface area contributed by atoms with Crippen LogP contribution in [0.15, 0.2) is 12.1 Å². The summed E-state index contributed by atoms with van der Waals surface area (Å²) in [4.78, 5) is 7.45. The van der Waals surface area contributed by atoms with Gasteiger partial charge in [0.2, 0.25) is 0 Å². The summed E-state index contributed by atoms with van der Waals surface area (Å²) in [5.74, 6) is 1.50. The maximum Gasteiger partial charge on any atom is 0.167 e. The van der Waals surface area contributed by atoms with Crippen LogP contribution in [0.4, 0.5) is 4.39 Å². The molecule has 90 valence electrons. The van der Waals surface area contributed by atoms with Crippen molar-refractivity contribution >= 4 is 11.0 Å². The lowest BCUT2D eigenvalue weighted by Gasteiger charge is -2.05. The molecule has 0 aliphatic heterocycles. The van der Waals surface area contributed by atoms with Gasteiger partial charge in [-0.2, -0.15) is 0 Å². The molecule has 2 aromatic rings. The molecule has 0 radical (unpaired) electrons. The molecule has 1 aromatic heterocycles. The summed E-state index contributed by atoms with van der Waals surface area (Å²) in [6.07, 6.45) is 3.22. The fraction of sp³-hybridized carbons (Fsp3) is 0.462. The number of rotatable bonds is 4. The second-order valence-corrected chi connectivity index (χ2v) is 4.59. The lowest BCUT2D eigenvalue weighted by atomic mass is 10.3. The van der Waals surface area contributed by atoms with E-state index in [1.165, 1.54) is 18.9 Å². The van der Waals surface area contributed by atoms with Gasteiger partial charge in [0.25, 0.3) is 0 Å². The Bertz CT molecular complexity index is 546. The normalized spacial score (nSPS) is 15.4. The van der Waals surface area contributed by atoms with Gasteiger partial charge in [-0.05, 0) is 18.8 Å². The lowest BCUT2D eigenvalue weighted by molar-refractivity contribution is 0.286. The molecule has 3 rings (SSSR count). The molecular formula is C13H15FN2O. The molecule has 3 nitrogen and oxygen atoms in total. The van der Waals surface area contributed by atoms with Crippen LogP contribution in [0.5, 0.6) is 5.75 Å². The Kier molecular flexibility index (Phi) is 2.50. The first-order valence-corrected chi connectivity index (χ1v) is 6.07. The molecule has 0 bridgehead atoms. The van der Waals surface area contributed by atoms with Crippen molar-refractivity contribution in [1.82, 2.24) is 9.97 Å². The van der Waals surface area contributed by atoms with Crippen molar-refractivity contribution in [2.24, 2.45) is 5.92 Å². The molecule has 0 spiro atoms. The van der Waals surface area contributed by atoms with E-state index in [9.17, 15) is 4.39 Å². The first-order chi connectivity index (χ1) is 8.26. The van der Waals surface area contributed by atoms with E-state index in [1.54, 1.807) is 6.07 Å². The highest BCUT2D eigenvalue weighted by Gasteiger charge is 2.22. The number of nitrogens with one attached hydrogen (secondary N) is 1. The van der Waals surface area contributed by atoms with Crippen LogP contribution in [0.3, 0.4) is 0 Å². The second-order valence-electron chi connectivity index (χ2n) is 4.59. The lowest BCUT2D eigenvalue weighted by Crippen LogP contribution is -2.00. The average molecular weight is 234 g/mol. The molecular weight excluding hydrogens is 219 g/mol. The van der Waals surface area contributed by atoms with Gasteiger partial charge >= 0.3 is 0 Å². The van der Waals surface area contributed by atoms with Crippen molar-refractivity contribution in [3.8, 4) is 5.75 Å². The quantitative estimate of drug-likeness (QED) is 0.882. The molecule has 0 unspecified atom stereocenters. The number of hydrogen-bond donors (Lipinski definition) is 1. The smallest absolute Gasteiger partial charge is 0.167 e. The van der Waals surface area contributed by atoms with Gasteiger partial charge in [0, 0.05) is 18.6 Å². The largest absolute Gasteiger partial charge is 0.490 e. The summed E-state index contributed by atoms with van der Waals surface area (Å²) in [5.41, 5.74) is 1.51. The summed E-state index contributed by atoms with van der Waals surface area (Å²) >= 11 is 0. The summed E-state index contributed by atoms with van der Waals surface area (Å²) in [6.45, 7) is 2.63. The first-order valence-electron chi connectivity index (χ1n) is 6.07. The SMILES string of the molecule is CCc1nc2cc(F)c(OCC3CC3)cc2[nH]1. The van der Waals surface area contributed by atoms with Crippen molar-refractivity contribution < 1.29 is 9.13 Å². The monoisotopic (exact) mass is 234 g/mol. The summed E-state index contributed by atoms with van der Waals surface area (Å²) in [6, 6.07) is 3.15. The number of ether oxygens (including phenoxy) is 1. The van der Waals surface area contributed by atoms with E-state index in [-0.39, 0.29) is 5.82 Å². The Hall–Kier alpha value is -1.58. The van der Waals surface area contributed by atoms with Crippen molar-refractivity contribution in [2.45, 2.75) is 26.2 Å². The number of benzene rings is 1. The van der Waals surface area contributed by atoms with Gasteiger partial charge in [-0.15, -0.1) is 0 Å². The number of fused-ring (bicyclic) bond motifs is 1. The highest BCUT2D eigenvalue weighted by atomic mass is 19.1. The molecule has 0 amide bonds. The molecule has 1 N–H and O–H groups in total. The van der Waals surface area contributed by atoms with Crippen LogP contribution in [-0.2, 0) is 6.42 Å². The van der Waals surface area contributed by atoms with Crippen LogP contribution in [0.2, 0.25) is 0 Å². The molecule has 0 atom stereocenters. The highest BCUT2D eigenvalue weighted by Crippen LogP contribution is 2.31.